The first kappa shape index (κ1) is 24.4. The molecule has 2 aromatic rings. The number of hydrogen-bond acceptors (Lipinski definition) is 5. The summed E-state index contributed by atoms with van der Waals surface area (Å²) in [5.41, 5.74) is -1.58. The smallest absolute Gasteiger partial charge is 0.423 e. The molecule has 3 rings (SSSR count). The van der Waals surface area contributed by atoms with Gasteiger partial charge in [-0.2, -0.15) is 13.2 Å². The highest BCUT2D eigenvalue weighted by atomic mass is 19.4. The number of ether oxygens (including phenoxy) is 1. The second-order valence-electron chi connectivity index (χ2n) is 8.02. The van der Waals surface area contributed by atoms with Crippen molar-refractivity contribution in [3.63, 3.8) is 0 Å². The quantitative estimate of drug-likeness (QED) is 0.359. The van der Waals surface area contributed by atoms with E-state index in [1.54, 1.807) is 17.0 Å². The average Bonchev–Trinajstić information content (AvgIpc) is 2.75. The second-order valence-corrected chi connectivity index (χ2v) is 8.02. The molecule has 0 aromatic heterocycles. The predicted molar refractivity (Wildman–Crippen MR) is 111 cm³/mol. The first-order valence-electron chi connectivity index (χ1n) is 10.2. The van der Waals surface area contributed by atoms with Crippen molar-refractivity contribution in [2.75, 3.05) is 19.7 Å². The van der Waals surface area contributed by atoms with Gasteiger partial charge < -0.3 is 9.64 Å². The van der Waals surface area contributed by atoms with E-state index in [0.717, 1.165) is 11.6 Å². The summed E-state index contributed by atoms with van der Waals surface area (Å²) in [4.78, 5) is 26.2. The van der Waals surface area contributed by atoms with Crippen molar-refractivity contribution in [2.45, 2.75) is 38.7 Å². The van der Waals surface area contributed by atoms with Crippen LogP contribution in [0.1, 0.15) is 25.0 Å². The highest BCUT2D eigenvalue weighted by Crippen LogP contribution is 2.38. The third-order valence-electron chi connectivity index (χ3n) is 5.57. The molecule has 1 heterocycles. The van der Waals surface area contributed by atoms with Gasteiger partial charge in [-0.05, 0) is 43.7 Å². The standard InChI is InChI=1S/C22H23F4N3O4/c1-14-11-28(15(2)10-27(14)12-16-3-5-17(23)6-4-16)21(30)13-33-18-7-8-20(29(31)32)19(9-18)22(24,25)26/h3-9,14-15H,10-13H2,1-2H3/t14-,15+/m1/s1. The average molecular weight is 469 g/mol. The number of piperazine rings is 1. The number of nitro benzene ring substituents is 1. The van der Waals surface area contributed by atoms with E-state index < -0.39 is 34.9 Å². The Morgan fingerprint density at radius 1 is 1.12 bits per heavy atom. The second kappa shape index (κ2) is 9.74. The van der Waals surface area contributed by atoms with Gasteiger partial charge in [0.25, 0.3) is 11.6 Å². The molecule has 1 saturated heterocycles. The summed E-state index contributed by atoms with van der Waals surface area (Å²) >= 11 is 0. The number of halogens is 4. The van der Waals surface area contributed by atoms with E-state index in [2.05, 4.69) is 4.90 Å². The zero-order valence-corrected chi connectivity index (χ0v) is 18.0. The van der Waals surface area contributed by atoms with Crippen molar-refractivity contribution >= 4 is 11.6 Å². The highest BCUT2D eigenvalue weighted by Gasteiger charge is 2.39. The van der Waals surface area contributed by atoms with E-state index in [0.29, 0.717) is 31.8 Å². The number of alkyl halides is 3. The van der Waals surface area contributed by atoms with Crippen LogP contribution < -0.4 is 4.74 Å². The van der Waals surface area contributed by atoms with Gasteiger partial charge in [0.15, 0.2) is 6.61 Å². The first-order valence-corrected chi connectivity index (χ1v) is 10.2. The van der Waals surface area contributed by atoms with Gasteiger partial charge in [0.1, 0.15) is 17.1 Å². The van der Waals surface area contributed by atoms with Gasteiger partial charge in [-0.25, -0.2) is 4.39 Å². The number of amides is 1. The molecule has 0 saturated carbocycles. The maximum Gasteiger partial charge on any atom is 0.423 e. The Morgan fingerprint density at radius 3 is 2.39 bits per heavy atom. The van der Waals surface area contributed by atoms with Crippen LogP contribution >= 0.6 is 0 Å². The Labute approximate surface area is 187 Å². The van der Waals surface area contributed by atoms with E-state index in [9.17, 15) is 32.5 Å². The highest BCUT2D eigenvalue weighted by molar-refractivity contribution is 5.78. The summed E-state index contributed by atoms with van der Waals surface area (Å²) in [5, 5.41) is 10.9. The van der Waals surface area contributed by atoms with Gasteiger partial charge in [0.05, 0.1) is 4.92 Å². The zero-order valence-electron chi connectivity index (χ0n) is 18.0. The third-order valence-corrected chi connectivity index (χ3v) is 5.57. The van der Waals surface area contributed by atoms with E-state index in [1.807, 2.05) is 13.8 Å². The van der Waals surface area contributed by atoms with Crippen LogP contribution in [0.5, 0.6) is 5.75 Å². The summed E-state index contributed by atoms with van der Waals surface area (Å²) in [7, 11) is 0. The maximum atomic E-state index is 13.1. The van der Waals surface area contributed by atoms with Crippen LogP contribution in [-0.4, -0.2) is 52.4 Å². The van der Waals surface area contributed by atoms with Crippen molar-refractivity contribution < 1.29 is 32.0 Å². The van der Waals surface area contributed by atoms with Crippen LogP contribution in [0.4, 0.5) is 23.2 Å². The minimum atomic E-state index is -4.93. The Hall–Kier alpha value is -3.21. The van der Waals surface area contributed by atoms with Gasteiger partial charge in [-0.15, -0.1) is 0 Å². The first-order chi connectivity index (χ1) is 15.5. The van der Waals surface area contributed by atoms with Crippen molar-refractivity contribution in [1.82, 2.24) is 9.80 Å². The number of carbonyl (C=O) groups is 1. The molecular weight excluding hydrogens is 446 g/mol. The van der Waals surface area contributed by atoms with Gasteiger partial charge in [-0.3, -0.25) is 19.8 Å². The monoisotopic (exact) mass is 469 g/mol. The SMILES string of the molecule is C[C@@H]1CN(C(=O)COc2ccc([N+](=O)[O-])c(C(F)(F)F)c2)[C@@H](C)CN1Cc1ccc(F)cc1. The summed E-state index contributed by atoms with van der Waals surface area (Å²) in [5.74, 6) is -0.995. The van der Waals surface area contributed by atoms with Gasteiger partial charge in [-0.1, -0.05) is 12.1 Å². The molecule has 2 aromatic carbocycles. The fraction of sp³-hybridized carbons (Fsp3) is 0.409. The summed E-state index contributed by atoms with van der Waals surface area (Å²) < 4.78 is 57.7. The minimum absolute atomic E-state index is 0.00795. The molecular formula is C22H23F4N3O4. The molecule has 2 atom stereocenters. The largest absolute Gasteiger partial charge is 0.484 e. The van der Waals surface area contributed by atoms with Crippen LogP contribution in [0, 0.1) is 15.9 Å². The Kier molecular flexibility index (Phi) is 7.21. The molecule has 0 radical (unpaired) electrons. The molecule has 7 nitrogen and oxygen atoms in total. The Bertz CT molecular complexity index is 1010. The van der Waals surface area contributed by atoms with E-state index >= 15 is 0 Å². The molecule has 33 heavy (non-hydrogen) atoms. The molecule has 178 valence electrons. The minimum Gasteiger partial charge on any atom is -0.484 e. The Balaban J connectivity index is 1.62. The van der Waals surface area contributed by atoms with Crippen molar-refractivity contribution in [1.29, 1.82) is 0 Å². The number of benzene rings is 2. The molecule has 0 unspecified atom stereocenters. The van der Waals surface area contributed by atoms with Gasteiger partial charge >= 0.3 is 6.18 Å². The number of hydrogen-bond donors (Lipinski definition) is 0. The Morgan fingerprint density at radius 2 is 1.79 bits per heavy atom. The molecule has 0 N–H and O–H groups in total. The van der Waals surface area contributed by atoms with Crippen LogP contribution in [0.25, 0.3) is 0 Å². The lowest BCUT2D eigenvalue weighted by atomic mass is 10.1. The number of nitro groups is 1. The van der Waals surface area contributed by atoms with Crippen LogP contribution in [0.2, 0.25) is 0 Å². The lowest BCUT2D eigenvalue weighted by Gasteiger charge is -2.44. The molecule has 0 bridgehead atoms. The lowest BCUT2D eigenvalue weighted by molar-refractivity contribution is -0.388. The van der Waals surface area contributed by atoms with Crippen LogP contribution in [0.15, 0.2) is 42.5 Å². The number of rotatable bonds is 6. The number of nitrogens with zero attached hydrogens (tertiary/aromatic N) is 3. The third kappa shape index (κ3) is 5.98. The molecule has 0 aliphatic carbocycles. The maximum absolute atomic E-state index is 13.1. The van der Waals surface area contributed by atoms with Crippen molar-refractivity contribution in [3.05, 3.63) is 69.5 Å². The van der Waals surface area contributed by atoms with E-state index in [1.165, 1.54) is 12.1 Å². The fourth-order valence-electron chi connectivity index (χ4n) is 3.81. The fourth-order valence-corrected chi connectivity index (χ4v) is 3.81. The zero-order chi connectivity index (χ0) is 24.3. The topological polar surface area (TPSA) is 75.9 Å². The van der Waals surface area contributed by atoms with Crippen molar-refractivity contribution in [3.8, 4) is 5.75 Å². The number of carbonyl (C=O) groups excluding carboxylic acids is 1. The normalized spacial score (nSPS) is 19.4. The molecule has 11 heteroatoms. The summed E-state index contributed by atoms with van der Waals surface area (Å²) in [6, 6.07) is 8.28. The van der Waals surface area contributed by atoms with E-state index in [4.69, 9.17) is 4.74 Å². The molecule has 0 spiro atoms. The van der Waals surface area contributed by atoms with Crippen molar-refractivity contribution in [2.24, 2.45) is 0 Å². The van der Waals surface area contributed by atoms with Gasteiger partial charge in [0.2, 0.25) is 0 Å². The van der Waals surface area contributed by atoms with Crippen LogP contribution in [-0.2, 0) is 17.5 Å². The van der Waals surface area contributed by atoms with Crippen LogP contribution in [0.3, 0.4) is 0 Å². The lowest BCUT2D eigenvalue weighted by Crippen LogP contribution is -2.58. The molecule has 1 fully saturated rings. The van der Waals surface area contributed by atoms with Gasteiger partial charge in [0, 0.05) is 37.8 Å². The molecule has 1 aliphatic heterocycles. The predicted octanol–water partition coefficient (Wildman–Crippen LogP) is 4.25. The molecule has 1 amide bonds. The van der Waals surface area contributed by atoms with E-state index in [-0.39, 0.29) is 23.7 Å². The summed E-state index contributed by atoms with van der Waals surface area (Å²) in [6.07, 6.45) is -4.93. The molecule has 1 aliphatic rings. The summed E-state index contributed by atoms with van der Waals surface area (Å²) in [6.45, 7) is 4.84.